The van der Waals surface area contributed by atoms with Gasteiger partial charge in [-0.2, -0.15) is 22.0 Å². The van der Waals surface area contributed by atoms with Gasteiger partial charge in [0, 0.05) is 63.3 Å². The molecule has 74 heavy (non-hydrogen) atoms. The predicted molar refractivity (Wildman–Crippen MR) is 273 cm³/mol. The second-order valence-corrected chi connectivity index (χ2v) is 19.0. The summed E-state index contributed by atoms with van der Waals surface area (Å²) in [5.41, 5.74) is 5.66. The minimum atomic E-state index is -4.33. The number of allylic oxidation sites excluding steroid dienone is 1. The van der Waals surface area contributed by atoms with E-state index < -0.39 is 36.2 Å². The molecule has 2 aliphatic heterocycles. The van der Waals surface area contributed by atoms with Crippen LogP contribution >= 0.6 is 0 Å². The van der Waals surface area contributed by atoms with E-state index in [1.54, 1.807) is 70.0 Å². The molecule has 0 saturated carbocycles. The molecule has 2 unspecified atom stereocenters. The van der Waals surface area contributed by atoms with Crippen molar-refractivity contribution in [2.24, 2.45) is 0 Å². The summed E-state index contributed by atoms with van der Waals surface area (Å²) >= 11 is 0. The number of carbonyl (C=O) groups excluding carboxylic acids is 2. The van der Waals surface area contributed by atoms with Gasteiger partial charge in [0.05, 0.1) is 28.4 Å². The van der Waals surface area contributed by atoms with E-state index in [4.69, 9.17) is 18.9 Å². The van der Waals surface area contributed by atoms with Crippen LogP contribution < -0.4 is 4.74 Å². The van der Waals surface area contributed by atoms with Crippen molar-refractivity contribution in [2.75, 3.05) is 47.0 Å². The SMILES string of the molecule is CC/C(=C(/c1ccc(OCCN(C/C=C/C(=O)N(C)C)C(=O)OC(C)(C)C)nc1)c1ccc2c(c1)c(F)nn2C1CCCCO1)c1ccccc1.Fc1nn(C2CCCCO2)c2ccc(C#CCC(F)(F)F)cc12. The van der Waals surface area contributed by atoms with Gasteiger partial charge in [-0.05, 0) is 124 Å². The Morgan fingerprint density at radius 1 is 0.811 bits per heavy atom. The first-order valence-corrected chi connectivity index (χ1v) is 24.8. The second kappa shape index (κ2) is 24.8. The zero-order chi connectivity index (χ0) is 53.0. The Labute approximate surface area is 427 Å². The van der Waals surface area contributed by atoms with Gasteiger partial charge in [-0.1, -0.05) is 61.2 Å². The molecule has 0 N–H and O–H groups in total. The quantitative estimate of drug-likeness (QED) is 0.0481. The van der Waals surface area contributed by atoms with Gasteiger partial charge in [-0.25, -0.2) is 19.1 Å². The minimum absolute atomic E-state index is 0.151. The molecule has 0 bridgehead atoms. The summed E-state index contributed by atoms with van der Waals surface area (Å²) in [5, 5.41) is 8.79. The first-order valence-electron chi connectivity index (χ1n) is 24.8. The number of fused-ring (bicyclic) bond motifs is 2. The molecule has 0 spiro atoms. The van der Waals surface area contributed by atoms with Gasteiger partial charge in [0.2, 0.25) is 23.7 Å². The average Bonchev–Trinajstić information content (AvgIpc) is 3.90. The lowest BCUT2D eigenvalue weighted by molar-refractivity contribution is -0.124. The highest BCUT2D eigenvalue weighted by Crippen LogP contribution is 2.37. The molecule has 0 radical (unpaired) electrons. The number of amides is 2. The van der Waals surface area contributed by atoms with Gasteiger partial charge in [0.25, 0.3) is 0 Å². The molecule has 6 aromatic rings. The van der Waals surface area contributed by atoms with E-state index in [0.29, 0.717) is 41.1 Å². The van der Waals surface area contributed by atoms with Gasteiger partial charge < -0.3 is 28.7 Å². The fraction of sp³-hybridized carbons (Fsp3) is 0.411. The Kier molecular flexibility index (Phi) is 18.3. The maximum absolute atomic E-state index is 15.4. The summed E-state index contributed by atoms with van der Waals surface area (Å²) in [6, 6.07) is 24.3. The molecule has 392 valence electrons. The third-order valence-corrected chi connectivity index (χ3v) is 12.1. The highest BCUT2D eigenvalue weighted by molar-refractivity contribution is 6.00. The van der Waals surface area contributed by atoms with Crippen LogP contribution in [0.2, 0.25) is 0 Å². The molecular formula is C56H62F5N7O6. The van der Waals surface area contributed by atoms with Crippen LogP contribution in [0.5, 0.6) is 5.88 Å². The molecule has 18 heteroatoms. The monoisotopic (exact) mass is 1020 g/mol. The topological polar surface area (TPSA) is 126 Å². The number of benzene rings is 3. The highest BCUT2D eigenvalue weighted by atomic mass is 19.4. The first kappa shape index (κ1) is 54.7. The van der Waals surface area contributed by atoms with Gasteiger partial charge >= 0.3 is 12.3 Å². The van der Waals surface area contributed by atoms with Crippen molar-refractivity contribution >= 4 is 45.0 Å². The average molecular weight is 1020 g/mol. The molecule has 2 amide bonds. The molecule has 3 aromatic carbocycles. The summed E-state index contributed by atoms with van der Waals surface area (Å²) in [7, 11) is 3.32. The summed E-state index contributed by atoms with van der Waals surface area (Å²) in [5.74, 6) is 3.45. The molecule has 5 heterocycles. The highest BCUT2D eigenvalue weighted by Gasteiger charge is 2.27. The molecule has 2 aliphatic rings. The van der Waals surface area contributed by atoms with Crippen molar-refractivity contribution in [2.45, 2.75) is 103 Å². The lowest BCUT2D eigenvalue weighted by Crippen LogP contribution is -2.39. The van der Waals surface area contributed by atoms with E-state index in [1.807, 2.05) is 48.4 Å². The maximum atomic E-state index is 15.4. The number of nitrogens with zero attached hydrogens (tertiary/aromatic N) is 7. The smallest absolute Gasteiger partial charge is 0.410 e. The molecule has 8 rings (SSSR count). The zero-order valence-electron chi connectivity index (χ0n) is 42.6. The lowest BCUT2D eigenvalue weighted by atomic mass is 9.88. The lowest BCUT2D eigenvalue weighted by Gasteiger charge is -2.26. The normalized spacial score (nSPS) is 16.5. The van der Waals surface area contributed by atoms with E-state index in [0.717, 1.165) is 72.8 Å². The third kappa shape index (κ3) is 14.6. The van der Waals surface area contributed by atoms with E-state index in [9.17, 15) is 27.2 Å². The number of likely N-dealkylation sites (N-methyl/N-ethyl adjacent to an activating group) is 1. The number of hydrogen-bond acceptors (Lipinski definition) is 9. The van der Waals surface area contributed by atoms with Crippen LogP contribution in [0.3, 0.4) is 0 Å². The number of alkyl halides is 3. The molecular weight excluding hydrogens is 962 g/mol. The maximum Gasteiger partial charge on any atom is 0.410 e. The first-order chi connectivity index (χ1) is 35.4. The molecule has 2 fully saturated rings. The molecule has 3 aromatic heterocycles. The van der Waals surface area contributed by atoms with Crippen molar-refractivity contribution in [3.8, 4) is 17.7 Å². The Bertz CT molecular complexity index is 2990. The Balaban J connectivity index is 0.000000288. The van der Waals surface area contributed by atoms with Crippen molar-refractivity contribution < 1.29 is 50.5 Å². The van der Waals surface area contributed by atoms with Crippen molar-refractivity contribution in [3.05, 3.63) is 131 Å². The van der Waals surface area contributed by atoms with E-state index in [-0.39, 0.29) is 43.4 Å². The van der Waals surface area contributed by atoms with Crippen LogP contribution in [0.1, 0.15) is 114 Å². The molecule has 2 atom stereocenters. The second-order valence-electron chi connectivity index (χ2n) is 19.0. The van der Waals surface area contributed by atoms with Crippen molar-refractivity contribution in [3.63, 3.8) is 0 Å². The number of carbonyl (C=O) groups is 2. The van der Waals surface area contributed by atoms with Crippen LogP contribution in [0.25, 0.3) is 33.0 Å². The predicted octanol–water partition coefficient (Wildman–Crippen LogP) is 12.1. The van der Waals surface area contributed by atoms with Crippen molar-refractivity contribution in [1.82, 2.24) is 34.3 Å². The van der Waals surface area contributed by atoms with Gasteiger partial charge in [-0.15, -0.1) is 10.2 Å². The van der Waals surface area contributed by atoms with E-state index >= 15 is 4.39 Å². The van der Waals surface area contributed by atoms with Crippen LogP contribution in [0.4, 0.5) is 26.7 Å². The van der Waals surface area contributed by atoms with Crippen LogP contribution in [0.15, 0.2) is 97.2 Å². The number of halogens is 5. The number of pyridine rings is 1. The molecule has 0 aliphatic carbocycles. The Morgan fingerprint density at radius 3 is 1.99 bits per heavy atom. The van der Waals surface area contributed by atoms with Crippen LogP contribution in [-0.2, 0) is 19.0 Å². The van der Waals surface area contributed by atoms with Gasteiger partial charge in [0.15, 0.2) is 12.5 Å². The zero-order valence-corrected chi connectivity index (χ0v) is 42.6. The van der Waals surface area contributed by atoms with Gasteiger partial charge in [-0.3, -0.25) is 4.79 Å². The third-order valence-electron chi connectivity index (χ3n) is 12.1. The van der Waals surface area contributed by atoms with E-state index in [2.05, 4.69) is 40.2 Å². The largest absolute Gasteiger partial charge is 0.476 e. The van der Waals surface area contributed by atoms with Crippen molar-refractivity contribution in [1.29, 1.82) is 0 Å². The minimum Gasteiger partial charge on any atom is -0.476 e. The molecule has 2 saturated heterocycles. The summed E-state index contributed by atoms with van der Waals surface area (Å²) in [4.78, 5) is 32.5. The molecule has 13 nitrogen and oxygen atoms in total. The fourth-order valence-corrected chi connectivity index (χ4v) is 8.53. The summed E-state index contributed by atoms with van der Waals surface area (Å²) in [6.45, 7) is 9.29. The summed E-state index contributed by atoms with van der Waals surface area (Å²) < 4.78 is 92.0. The number of rotatable bonds is 13. The standard InChI is InChI=1S/C40H48FN5O5.C16H14F4N2O/c1-7-31(28-14-9-8-10-15-28)37(29-18-20-33-32(26-29)38(41)43-46(33)36-17-11-12-24-50-36)30-19-21-34(42-27-30)49-25-23-45(39(48)51-40(2,3)4)22-13-16-35(47)44(5)6;17-15-12-10-11(4-3-8-16(18,19)20)6-7-13(12)22(21-15)14-5-1-2-9-23-14/h8-10,13-16,18-21,26-27,36H,7,11-12,17,22-25H2,1-6H3;6-7,10,14H,1-2,5,8-9H2/b16-13+,37-31-;. The number of aromatic nitrogens is 5. The summed E-state index contributed by atoms with van der Waals surface area (Å²) in [6.07, 6.45) is 4.43. The Hall–Kier alpha value is -7.10. The van der Waals surface area contributed by atoms with Crippen LogP contribution in [0, 0.1) is 23.7 Å². The van der Waals surface area contributed by atoms with Gasteiger partial charge in [0.1, 0.15) is 18.6 Å². The van der Waals surface area contributed by atoms with Crippen LogP contribution in [-0.4, -0.2) is 105 Å². The number of ether oxygens (including phenoxy) is 4. The Morgan fingerprint density at radius 2 is 1.43 bits per heavy atom. The fourth-order valence-electron chi connectivity index (χ4n) is 8.53. The number of hydrogen-bond donors (Lipinski definition) is 0. The van der Waals surface area contributed by atoms with E-state index in [1.165, 1.54) is 26.6 Å².